The van der Waals surface area contributed by atoms with Crippen LogP contribution in [0.4, 0.5) is 4.39 Å². The van der Waals surface area contributed by atoms with Crippen molar-refractivity contribution in [2.45, 2.75) is 12.5 Å². The number of halogens is 1. The molecule has 0 saturated carbocycles. The van der Waals surface area contributed by atoms with Gasteiger partial charge in [0.15, 0.2) is 0 Å². The first kappa shape index (κ1) is 12.8. The molecule has 1 atom stereocenters. The molecule has 20 heavy (non-hydrogen) atoms. The fraction of sp³-hybridized carbons (Fsp3) is 0.118. The molecular weight excluding hydrogens is 253 g/mol. The molecule has 1 N–H and O–H groups in total. The predicted octanol–water partition coefficient (Wildman–Crippen LogP) is 3.65. The van der Waals surface area contributed by atoms with Crippen molar-refractivity contribution in [1.29, 1.82) is 0 Å². The highest BCUT2D eigenvalue weighted by molar-refractivity contribution is 5.84. The third-order valence-corrected chi connectivity index (χ3v) is 3.43. The summed E-state index contributed by atoms with van der Waals surface area (Å²) in [5, 5.41) is 12.3. The first-order valence-electron chi connectivity index (χ1n) is 6.50. The van der Waals surface area contributed by atoms with E-state index < -0.39 is 6.10 Å². The Labute approximate surface area is 116 Å². The molecule has 0 spiro atoms. The average molecular weight is 267 g/mol. The maximum atomic E-state index is 13.7. The molecule has 0 radical (unpaired) electrons. The van der Waals surface area contributed by atoms with Crippen LogP contribution in [-0.4, -0.2) is 10.1 Å². The van der Waals surface area contributed by atoms with Crippen LogP contribution in [0.5, 0.6) is 0 Å². The Morgan fingerprint density at radius 3 is 2.60 bits per heavy atom. The molecule has 1 unspecified atom stereocenters. The topological polar surface area (TPSA) is 33.1 Å². The minimum Gasteiger partial charge on any atom is -0.388 e. The lowest BCUT2D eigenvalue weighted by atomic mass is 9.98. The Hall–Kier alpha value is -2.26. The Kier molecular flexibility index (Phi) is 3.44. The van der Waals surface area contributed by atoms with Crippen molar-refractivity contribution in [2.75, 3.05) is 0 Å². The number of aliphatic hydroxyl groups excluding tert-OH is 1. The van der Waals surface area contributed by atoms with Crippen molar-refractivity contribution in [3.05, 3.63) is 77.9 Å². The summed E-state index contributed by atoms with van der Waals surface area (Å²) in [4.78, 5) is 4.14. The largest absolute Gasteiger partial charge is 0.388 e. The molecule has 2 nitrogen and oxygen atoms in total. The number of aliphatic hydroxyl groups is 1. The van der Waals surface area contributed by atoms with Crippen LogP contribution in [0.25, 0.3) is 10.8 Å². The molecule has 0 aliphatic rings. The maximum Gasteiger partial charge on any atom is 0.126 e. The van der Waals surface area contributed by atoms with Crippen LogP contribution < -0.4 is 0 Å². The standard InChI is InChI=1S/C17H14FNO/c18-16-8-4-2-5-12(16)9-17(20)15-11-19-10-13-6-1-3-7-14(13)15/h1-8,10-11,17,20H,9H2. The molecule has 0 aliphatic carbocycles. The Morgan fingerprint density at radius 2 is 1.75 bits per heavy atom. The molecule has 0 amide bonds. The highest BCUT2D eigenvalue weighted by Gasteiger charge is 2.14. The molecular formula is C17H14FNO. The van der Waals surface area contributed by atoms with E-state index in [1.807, 2.05) is 24.3 Å². The molecule has 3 rings (SSSR count). The highest BCUT2D eigenvalue weighted by Crippen LogP contribution is 2.26. The fourth-order valence-electron chi connectivity index (χ4n) is 2.39. The third-order valence-electron chi connectivity index (χ3n) is 3.43. The smallest absolute Gasteiger partial charge is 0.126 e. The monoisotopic (exact) mass is 267 g/mol. The molecule has 1 aromatic heterocycles. The van der Waals surface area contributed by atoms with Crippen LogP contribution in [0.2, 0.25) is 0 Å². The summed E-state index contributed by atoms with van der Waals surface area (Å²) in [5.74, 6) is -0.292. The normalized spacial score (nSPS) is 12.5. The molecule has 0 bridgehead atoms. The second kappa shape index (κ2) is 5.39. The van der Waals surface area contributed by atoms with E-state index in [2.05, 4.69) is 4.98 Å². The van der Waals surface area contributed by atoms with Gasteiger partial charge in [0.1, 0.15) is 5.82 Å². The van der Waals surface area contributed by atoms with Gasteiger partial charge in [0, 0.05) is 29.8 Å². The molecule has 1 heterocycles. The van der Waals surface area contributed by atoms with Crippen LogP contribution in [0.1, 0.15) is 17.2 Å². The number of benzene rings is 2. The lowest BCUT2D eigenvalue weighted by Crippen LogP contribution is -2.04. The van der Waals surface area contributed by atoms with Crippen LogP contribution >= 0.6 is 0 Å². The van der Waals surface area contributed by atoms with E-state index in [9.17, 15) is 9.50 Å². The zero-order valence-electron chi connectivity index (χ0n) is 10.8. The second-order valence-corrected chi connectivity index (χ2v) is 4.76. The number of nitrogens with zero attached hydrogens (tertiary/aromatic N) is 1. The summed E-state index contributed by atoms with van der Waals surface area (Å²) in [6.07, 6.45) is 2.87. The Morgan fingerprint density at radius 1 is 1.00 bits per heavy atom. The number of fused-ring (bicyclic) bond motifs is 1. The van der Waals surface area contributed by atoms with Gasteiger partial charge in [0.2, 0.25) is 0 Å². The van der Waals surface area contributed by atoms with E-state index in [0.717, 1.165) is 16.3 Å². The first-order valence-corrected chi connectivity index (χ1v) is 6.50. The van der Waals surface area contributed by atoms with Gasteiger partial charge >= 0.3 is 0 Å². The van der Waals surface area contributed by atoms with E-state index in [0.29, 0.717) is 5.56 Å². The third kappa shape index (κ3) is 2.40. The van der Waals surface area contributed by atoms with E-state index >= 15 is 0 Å². The lowest BCUT2D eigenvalue weighted by molar-refractivity contribution is 0.178. The van der Waals surface area contributed by atoms with Crippen LogP contribution in [0.15, 0.2) is 60.9 Å². The molecule has 0 aliphatic heterocycles. The predicted molar refractivity (Wildman–Crippen MR) is 76.8 cm³/mol. The van der Waals surface area contributed by atoms with Gasteiger partial charge in [-0.25, -0.2) is 4.39 Å². The van der Waals surface area contributed by atoms with Gasteiger partial charge in [-0.15, -0.1) is 0 Å². The summed E-state index contributed by atoms with van der Waals surface area (Å²) in [7, 11) is 0. The van der Waals surface area contributed by atoms with Crippen molar-refractivity contribution in [2.24, 2.45) is 0 Å². The van der Waals surface area contributed by atoms with Crippen molar-refractivity contribution in [3.63, 3.8) is 0 Å². The number of rotatable bonds is 3. The molecule has 0 fully saturated rings. The van der Waals surface area contributed by atoms with Gasteiger partial charge in [-0.2, -0.15) is 0 Å². The number of aromatic nitrogens is 1. The molecule has 3 heteroatoms. The fourth-order valence-corrected chi connectivity index (χ4v) is 2.39. The van der Waals surface area contributed by atoms with Crippen LogP contribution in [-0.2, 0) is 6.42 Å². The van der Waals surface area contributed by atoms with Crippen LogP contribution in [0.3, 0.4) is 0 Å². The number of hydrogen-bond donors (Lipinski definition) is 1. The van der Waals surface area contributed by atoms with Gasteiger partial charge in [-0.3, -0.25) is 4.98 Å². The molecule has 0 saturated heterocycles. The van der Waals surface area contributed by atoms with Crippen molar-refractivity contribution < 1.29 is 9.50 Å². The van der Waals surface area contributed by atoms with Crippen molar-refractivity contribution >= 4 is 10.8 Å². The number of pyridine rings is 1. The summed E-state index contributed by atoms with van der Waals surface area (Å²) in [6, 6.07) is 14.2. The van der Waals surface area contributed by atoms with Gasteiger partial charge in [0.25, 0.3) is 0 Å². The first-order chi connectivity index (χ1) is 9.75. The minimum atomic E-state index is -0.773. The van der Waals surface area contributed by atoms with Gasteiger partial charge < -0.3 is 5.11 Å². The maximum absolute atomic E-state index is 13.7. The Bertz CT molecular complexity index is 736. The minimum absolute atomic E-state index is 0.238. The quantitative estimate of drug-likeness (QED) is 0.785. The highest BCUT2D eigenvalue weighted by atomic mass is 19.1. The average Bonchev–Trinajstić information content (AvgIpc) is 2.49. The SMILES string of the molecule is OC(Cc1ccccc1F)c1cncc2ccccc12. The van der Waals surface area contributed by atoms with Crippen LogP contribution in [0, 0.1) is 5.82 Å². The molecule has 2 aromatic carbocycles. The lowest BCUT2D eigenvalue weighted by Gasteiger charge is -2.13. The van der Waals surface area contributed by atoms with Gasteiger partial charge in [-0.1, -0.05) is 42.5 Å². The zero-order chi connectivity index (χ0) is 13.9. The zero-order valence-corrected chi connectivity index (χ0v) is 10.8. The van der Waals surface area contributed by atoms with Crippen molar-refractivity contribution in [1.82, 2.24) is 4.98 Å². The van der Waals surface area contributed by atoms with Crippen molar-refractivity contribution in [3.8, 4) is 0 Å². The van der Waals surface area contributed by atoms with Gasteiger partial charge in [0.05, 0.1) is 6.10 Å². The number of hydrogen-bond acceptors (Lipinski definition) is 2. The van der Waals surface area contributed by atoms with E-state index in [4.69, 9.17) is 0 Å². The summed E-state index contributed by atoms with van der Waals surface area (Å²) in [5.41, 5.74) is 1.24. The molecule has 3 aromatic rings. The molecule has 100 valence electrons. The van der Waals surface area contributed by atoms with E-state index in [1.165, 1.54) is 6.07 Å². The van der Waals surface area contributed by atoms with E-state index in [1.54, 1.807) is 30.6 Å². The summed E-state index contributed by atoms with van der Waals surface area (Å²) >= 11 is 0. The van der Waals surface area contributed by atoms with E-state index in [-0.39, 0.29) is 12.2 Å². The second-order valence-electron chi connectivity index (χ2n) is 4.76. The summed E-state index contributed by atoms with van der Waals surface area (Å²) < 4.78 is 13.7. The summed E-state index contributed by atoms with van der Waals surface area (Å²) in [6.45, 7) is 0. The Balaban J connectivity index is 1.97. The van der Waals surface area contributed by atoms with Gasteiger partial charge in [-0.05, 0) is 17.0 Å².